The number of nitrogens with zero attached hydrogens (tertiary/aromatic N) is 1. The second-order valence-corrected chi connectivity index (χ2v) is 5.40. The van der Waals surface area contributed by atoms with E-state index in [-0.39, 0.29) is 5.91 Å². The first-order valence-electron chi connectivity index (χ1n) is 7.41. The first-order valence-corrected chi connectivity index (χ1v) is 7.41. The number of benzene rings is 1. The SMILES string of the molecule is CCOc1ccccc1OCCN(C)C(=O)C1(C(N)=O)CC1. The van der Waals surface area contributed by atoms with E-state index < -0.39 is 11.3 Å². The van der Waals surface area contributed by atoms with Crippen molar-refractivity contribution in [3.8, 4) is 11.5 Å². The molecule has 1 aromatic carbocycles. The number of carbonyl (C=O) groups excluding carboxylic acids is 2. The van der Waals surface area contributed by atoms with Gasteiger partial charge in [0.05, 0.1) is 13.2 Å². The number of amides is 2. The van der Waals surface area contributed by atoms with E-state index in [0.717, 1.165) is 0 Å². The van der Waals surface area contributed by atoms with Gasteiger partial charge in [-0.3, -0.25) is 9.59 Å². The maximum atomic E-state index is 12.2. The second-order valence-electron chi connectivity index (χ2n) is 5.40. The van der Waals surface area contributed by atoms with Crippen LogP contribution in [0.25, 0.3) is 0 Å². The lowest BCUT2D eigenvalue weighted by molar-refractivity contribution is -0.142. The van der Waals surface area contributed by atoms with Crippen molar-refractivity contribution in [2.45, 2.75) is 19.8 Å². The molecule has 0 aromatic heterocycles. The molecule has 120 valence electrons. The summed E-state index contributed by atoms with van der Waals surface area (Å²) >= 11 is 0. The third-order valence-corrected chi connectivity index (χ3v) is 3.81. The van der Waals surface area contributed by atoms with Crippen LogP contribution in [-0.4, -0.2) is 43.5 Å². The Labute approximate surface area is 130 Å². The second kappa shape index (κ2) is 6.68. The van der Waals surface area contributed by atoms with Crippen LogP contribution in [0, 0.1) is 5.41 Å². The summed E-state index contributed by atoms with van der Waals surface area (Å²) in [4.78, 5) is 25.1. The monoisotopic (exact) mass is 306 g/mol. The summed E-state index contributed by atoms with van der Waals surface area (Å²) in [5.41, 5.74) is 4.34. The first-order chi connectivity index (χ1) is 10.5. The van der Waals surface area contributed by atoms with Gasteiger partial charge in [-0.1, -0.05) is 12.1 Å². The Morgan fingerprint density at radius 1 is 1.23 bits per heavy atom. The fraction of sp³-hybridized carbons (Fsp3) is 0.500. The van der Waals surface area contributed by atoms with Crippen LogP contribution in [0.1, 0.15) is 19.8 Å². The standard InChI is InChI=1S/C16H22N2O4/c1-3-21-12-6-4-5-7-13(12)22-11-10-18(2)15(20)16(8-9-16)14(17)19/h4-7H,3,8-11H2,1-2H3,(H2,17,19). The van der Waals surface area contributed by atoms with Crippen LogP contribution < -0.4 is 15.2 Å². The minimum atomic E-state index is -0.974. The van der Waals surface area contributed by atoms with E-state index in [1.54, 1.807) is 7.05 Å². The Morgan fingerprint density at radius 2 is 1.82 bits per heavy atom. The lowest BCUT2D eigenvalue weighted by Crippen LogP contribution is -2.43. The highest BCUT2D eigenvalue weighted by Gasteiger charge is 2.56. The molecule has 0 heterocycles. The summed E-state index contributed by atoms with van der Waals surface area (Å²) in [6.07, 6.45) is 1.08. The van der Waals surface area contributed by atoms with Crippen LogP contribution in [0.3, 0.4) is 0 Å². The van der Waals surface area contributed by atoms with E-state index in [1.807, 2.05) is 31.2 Å². The van der Waals surface area contributed by atoms with Crippen molar-refractivity contribution in [2.24, 2.45) is 11.1 Å². The molecule has 2 rings (SSSR count). The maximum absolute atomic E-state index is 12.2. The maximum Gasteiger partial charge on any atom is 0.238 e. The van der Waals surface area contributed by atoms with Crippen molar-refractivity contribution in [3.63, 3.8) is 0 Å². The lowest BCUT2D eigenvalue weighted by atomic mass is 10.1. The molecule has 0 atom stereocenters. The van der Waals surface area contributed by atoms with Gasteiger partial charge in [-0.25, -0.2) is 0 Å². The Morgan fingerprint density at radius 3 is 2.32 bits per heavy atom. The Hall–Kier alpha value is -2.24. The zero-order valence-corrected chi connectivity index (χ0v) is 13.0. The van der Waals surface area contributed by atoms with E-state index in [4.69, 9.17) is 15.2 Å². The lowest BCUT2D eigenvalue weighted by Gasteiger charge is -2.22. The highest BCUT2D eigenvalue weighted by Crippen LogP contribution is 2.46. The quantitative estimate of drug-likeness (QED) is 0.731. The summed E-state index contributed by atoms with van der Waals surface area (Å²) in [6, 6.07) is 7.38. The molecule has 0 bridgehead atoms. The van der Waals surface area contributed by atoms with E-state index in [0.29, 0.717) is 44.1 Å². The zero-order chi connectivity index (χ0) is 16.2. The molecule has 0 aliphatic heterocycles. The fourth-order valence-corrected chi connectivity index (χ4v) is 2.29. The predicted molar refractivity (Wildman–Crippen MR) is 81.6 cm³/mol. The molecule has 6 nitrogen and oxygen atoms in total. The van der Waals surface area contributed by atoms with Crippen molar-refractivity contribution >= 4 is 11.8 Å². The van der Waals surface area contributed by atoms with Gasteiger partial charge in [0.15, 0.2) is 11.5 Å². The Bertz CT molecular complexity index is 555. The number of para-hydroxylation sites is 2. The molecule has 0 unspecified atom stereocenters. The minimum Gasteiger partial charge on any atom is -0.490 e. The zero-order valence-electron chi connectivity index (χ0n) is 13.0. The molecule has 2 N–H and O–H groups in total. The summed E-state index contributed by atoms with van der Waals surface area (Å²) in [7, 11) is 1.66. The third-order valence-electron chi connectivity index (χ3n) is 3.81. The van der Waals surface area contributed by atoms with Crippen molar-refractivity contribution in [1.82, 2.24) is 4.90 Å². The predicted octanol–water partition coefficient (Wildman–Crippen LogP) is 1.19. The molecule has 1 aliphatic carbocycles. The average molecular weight is 306 g/mol. The number of primary amides is 1. The molecule has 0 saturated heterocycles. The van der Waals surface area contributed by atoms with Gasteiger partial charge >= 0.3 is 0 Å². The van der Waals surface area contributed by atoms with Crippen LogP contribution in [0.15, 0.2) is 24.3 Å². The average Bonchev–Trinajstić information content (AvgIpc) is 3.30. The van der Waals surface area contributed by atoms with Gasteiger partial charge in [0.1, 0.15) is 12.0 Å². The number of carbonyl (C=O) groups is 2. The van der Waals surface area contributed by atoms with Gasteiger partial charge in [0.25, 0.3) is 0 Å². The van der Waals surface area contributed by atoms with E-state index in [2.05, 4.69) is 0 Å². The summed E-state index contributed by atoms with van der Waals surface area (Å²) in [6.45, 7) is 3.16. The van der Waals surface area contributed by atoms with Crippen LogP contribution in [0.2, 0.25) is 0 Å². The molecule has 1 saturated carbocycles. The summed E-state index contributed by atoms with van der Waals surface area (Å²) < 4.78 is 11.1. The third kappa shape index (κ3) is 3.32. The molecular formula is C16H22N2O4. The number of ether oxygens (including phenoxy) is 2. The molecule has 1 aliphatic rings. The van der Waals surface area contributed by atoms with Crippen LogP contribution in [0.4, 0.5) is 0 Å². The van der Waals surface area contributed by atoms with Gasteiger partial charge < -0.3 is 20.1 Å². The number of nitrogens with two attached hydrogens (primary N) is 1. The summed E-state index contributed by atoms with van der Waals surface area (Å²) in [5, 5.41) is 0. The number of likely N-dealkylation sites (N-methyl/N-ethyl adjacent to an activating group) is 1. The van der Waals surface area contributed by atoms with Crippen molar-refractivity contribution in [2.75, 3.05) is 26.8 Å². The van der Waals surface area contributed by atoms with Crippen LogP contribution in [0.5, 0.6) is 11.5 Å². The number of rotatable bonds is 8. The van der Waals surface area contributed by atoms with E-state index in [1.165, 1.54) is 4.90 Å². The molecule has 0 radical (unpaired) electrons. The van der Waals surface area contributed by atoms with E-state index >= 15 is 0 Å². The smallest absolute Gasteiger partial charge is 0.238 e. The van der Waals surface area contributed by atoms with Gasteiger partial charge in [-0.05, 0) is 31.9 Å². The van der Waals surface area contributed by atoms with Crippen LogP contribution >= 0.6 is 0 Å². The van der Waals surface area contributed by atoms with Crippen LogP contribution in [-0.2, 0) is 9.59 Å². The topological polar surface area (TPSA) is 81.9 Å². The normalized spacial score (nSPS) is 15.0. The molecule has 6 heteroatoms. The fourth-order valence-electron chi connectivity index (χ4n) is 2.29. The Kier molecular flexibility index (Phi) is 4.90. The Balaban J connectivity index is 1.86. The van der Waals surface area contributed by atoms with Gasteiger partial charge in [0.2, 0.25) is 11.8 Å². The largest absolute Gasteiger partial charge is 0.490 e. The minimum absolute atomic E-state index is 0.221. The van der Waals surface area contributed by atoms with E-state index in [9.17, 15) is 9.59 Å². The van der Waals surface area contributed by atoms with Crippen molar-refractivity contribution in [1.29, 1.82) is 0 Å². The number of hydrogen-bond acceptors (Lipinski definition) is 4. The highest BCUT2D eigenvalue weighted by atomic mass is 16.5. The molecule has 2 amide bonds. The van der Waals surface area contributed by atoms with Crippen molar-refractivity contribution in [3.05, 3.63) is 24.3 Å². The molecular weight excluding hydrogens is 284 g/mol. The summed E-state index contributed by atoms with van der Waals surface area (Å²) in [5.74, 6) is 0.560. The number of hydrogen-bond donors (Lipinski definition) is 1. The molecule has 1 fully saturated rings. The molecule has 22 heavy (non-hydrogen) atoms. The van der Waals surface area contributed by atoms with Gasteiger partial charge in [-0.2, -0.15) is 0 Å². The highest BCUT2D eigenvalue weighted by molar-refractivity contribution is 6.07. The molecule has 0 spiro atoms. The molecule has 1 aromatic rings. The van der Waals surface area contributed by atoms with Gasteiger partial charge in [0, 0.05) is 7.05 Å². The van der Waals surface area contributed by atoms with Gasteiger partial charge in [-0.15, -0.1) is 0 Å². The van der Waals surface area contributed by atoms with Crippen molar-refractivity contribution < 1.29 is 19.1 Å². The first kappa shape index (κ1) is 16.1.